The number of aliphatic hydroxyl groups excluding tert-OH is 1. The van der Waals surface area contributed by atoms with Crippen molar-refractivity contribution >= 4 is 5.91 Å². The normalized spacial score (nSPS) is 10.3. The van der Waals surface area contributed by atoms with Crippen LogP contribution in [0.1, 0.15) is 22.3 Å². The van der Waals surface area contributed by atoms with Crippen LogP contribution in [-0.4, -0.2) is 44.5 Å². The zero-order valence-electron chi connectivity index (χ0n) is 11.4. The number of carbonyl (C=O) groups is 1. The second-order valence-electron chi connectivity index (χ2n) is 4.15. The fraction of sp³-hybridized carbons (Fsp3) is 0.500. The zero-order valence-corrected chi connectivity index (χ0v) is 11.4. The number of hydrogen-bond acceptors (Lipinski definition) is 4. The van der Waals surface area contributed by atoms with Crippen molar-refractivity contribution in [3.05, 3.63) is 29.3 Å². The summed E-state index contributed by atoms with van der Waals surface area (Å²) in [6, 6.07) is 5.49. The molecule has 19 heavy (non-hydrogen) atoms. The summed E-state index contributed by atoms with van der Waals surface area (Å²) in [6.07, 6.45) is 0.708. The lowest BCUT2D eigenvalue weighted by Crippen LogP contribution is -2.26. The Kier molecular flexibility index (Phi) is 6.92. The molecule has 1 rings (SSSR count). The fourth-order valence-electron chi connectivity index (χ4n) is 1.64. The number of hydrogen-bond donors (Lipinski definition) is 2. The third-order valence-corrected chi connectivity index (χ3v) is 2.59. The van der Waals surface area contributed by atoms with Gasteiger partial charge in [0, 0.05) is 13.2 Å². The van der Waals surface area contributed by atoms with Crippen molar-refractivity contribution < 1.29 is 19.4 Å². The van der Waals surface area contributed by atoms with E-state index in [1.165, 1.54) is 0 Å². The quantitative estimate of drug-likeness (QED) is 0.693. The summed E-state index contributed by atoms with van der Waals surface area (Å²) in [7, 11) is 1.55. The number of rotatable bonds is 8. The van der Waals surface area contributed by atoms with Gasteiger partial charge in [0.15, 0.2) is 0 Å². The second kappa shape index (κ2) is 8.50. The Hall–Kier alpha value is -1.59. The van der Waals surface area contributed by atoms with Gasteiger partial charge in [0.1, 0.15) is 5.75 Å². The number of benzene rings is 1. The van der Waals surface area contributed by atoms with Crippen molar-refractivity contribution in [3.8, 4) is 5.75 Å². The highest BCUT2D eigenvalue weighted by Crippen LogP contribution is 2.19. The van der Waals surface area contributed by atoms with Crippen LogP contribution in [0.5, 0.6) is 5.75 Å². The molecule has 0 atom stereocenters. The molecule has 0 radical (unpaired) electrons. The van der Waals surface area contributed by atoms with Gasteiger partial charge in [0.2, 0.25) is 0 Å². The SMILES string of the molecule is COc1ccc(C)cc1C(=O)NCCCOCCO. The number of nitrogens with one attached hydrogen (secondary N) is 1. The molecular weight excluding hydrogens is 246 g/mol. The van der Waals surface area contributed by atoms with Crippen LogP contribution in [0.3, 0.4) is 0 Å². The van der Waals surface area contributed by atoms with Gasteiger partial charge in [-0.05, 0) is 25.5 Å². The molecule has 5 nitrogen and oxygen atoms in total. The topological polar surface area (TPSA) is 67.8 Å². The summed E-state index contributed by atoms with van der Waals surface area (Å²) in [4.78, 5) is 12.0. The van der Waals surface area contributed by atoms with Gasteiger partial charge in [0.25, 0.3) is 5.91 Å². The lowest BCUT2D eigenvalue weighted by atomic mass is 10.1. The molecule has 1 aromatic carbocycles. The van der Waals surface area contributed by atoms with Crippen molar-refractivity contribution in [3.63, 3.8) is 0 Å². The summed E-state index contributed by atoms with van der Waals surface area (Å²) in [6.45, 7) is 3.33. The largest absolute Gasteiger partial charge is 0.496 e. The number of aryl methyl sites for hydroxylation is 1. The maximum Gasteiger partial charge on any atom is 0.255 e. The Bertz CT molecular complexity index is 406. The molecule has 0 aliphatic carbocycles. The first kappa shape index (κ1) is 15.5. The molecule has 0 spiro atoms. The summed E-state index contributed by atoms with van der Waals surface area (Å²) < 4.78 is 10.3. The standard InChI is InChI=1S/C14H21NO4/c1-11-4-5-13(18-2)12(10-11)14(17)15-6-3-8-19-9-7-16/h4-5,10,16H,3,6-9H2,1-2H3,(H,15,17). The third-order valence-electron chi connectivity index (χ3n) is 2.59. The number of amides is 1. The minimum Gasteiger partial charge on any atom is -0.496 e. The number of aliphatic hydroxyl groups is 1. The monoisotopic (exact) mass is 267 g/mol. The van der Waals surface area contributed by atoms with Gasteiger partial charge in [-0.3, -0.25) is 4.79 Å². The molecule has 0 heterocycles. The summed E-state index contributed by atoms with van der Waals surface area (Å²) in [5.74, 6) is 0.419. The Morgan fingerprint density at radius 2 is 2.16 bits per heavy atom. The van der Waals surface area contributed by atoms with E-state index in [1.54, 1.807) is 19.2 Å². The molecule has 0 aliphatic heterocycles. The average Bonchev–Trinajstić information content (AvgIpc) is 2.42. The number of carbonyl (C=O) groups excluding carboxylic acids is 1. The van der Waals surface area contributed by atoms with Crippen LogP contribution in [0.15, 0.2) is 18.2 Å². The highest BCUT2D eigenvalue weighted by Gasteiger charge is 2.11. The van der Waals surface area contributed by atoms with E-state index < -0.39 is 0 Å². The fourth-order valence-corrected chi connectivity index (χ4v) is 1.64. The lowest BCUT2D eigenvalue weighted by molar-refractivity contribution is 0.0866. The molecule has 1 aromatic rings. The molecule has 0 unspecified atom stereocenters. The van der Waals surface area contributed by atoms with Crippen LogP contribution in [-0.2, 0) is 4.74 Å². The Morgan fingerprint density at radius 3 is 2.84 bits per heavy atom. The molecule has 0 saturated carbocycles. The van der Waals surface area contributed by atoms with Crippen LogP contribution < -0.4 is 10.1 Å². The maximum atomic E-state index is 12.0. The first-order valence-electron chi connectivity index (χ1n) is 6.30. The van der Waals surface area contributed by atoms with E-state index in [4.69, 9.17) is 14.6 Å². The van der Waals surface area contributed by atoms with Gasteiger partial charge in [0.05, 0.1) is 25.9 Å². The molecule has 0 saturated heterocycles. The van der Waals surface area contributed by atoms with Gasteiger partial charge in [-0.25, -0.2) is 0 Å². The molecule has 106 valence electrons. The van der Waals surface area contributed by atoms with E-state index in [2.05, 4.69) is 5.32 Å². The predicted molar refractivity (Wildman–Crippen MR) is 72.6 cm³/mol. The van der Waals surface area contributed by atoms with Crippen LogP contribution in [0, 0.1) is 6.92 Å². The van der Waals surface area contributed by atoms with E-state index in [0.717, 1.165) is 5.56 Å². The summed E-state index contributed by atoms with van der Waals surface area (Å²) >= 11 is 0. The van der Waals surface area contributed by atoms with E-state index in [9.17, 15) is 4.79 Å². The molecule has 5 heteroatoms. The van der Waals surface area contributed by atoms with Gasteiger partial charge in [-0.15, -0.1) is 0 Å². The Labute approximate surface area is 113 Å². The zero-order chi connectivity index (χ0) is 14.1. The van der Waals surface area contributed by atoms with Crippen molar-refractivity contribution in [2.24, 2.45) is 0 Å². The smallest absolute Gasteiger partial charge is 0.255 e. The number of ether oxygens (including phenoxy) is 2. The van der Waals surface area contributed by atoms with Crippen LogP contribution in [0.4, 0.5) is 0 Å². The van der Waals surface area contributed by atoms with Crippen molar-refractivity contribution in [2.75, 3.05) is 33.5 Å². The summed E-state index contributed by atoms with van der Waals surface area (Å²) in [5.41, 5.74) is 1.55. The van der Waals surface area contributed by atoms with Crippen LogP contribution >= 0.6 is 0 Å². The molecule has 0 fully saturated rings. The predicted octanol–water partition coefficient (Wildman–Crippen LogP) is 1.13. The second-order valence-corrected chi connectivity index (χ2v) is 4.15. The first-order chi connectivity index (χ1) is 9.19. The van der Waals surface area contributed by atoms with E-state index in [0.29, 0.717) is 37.5 Å². The molecule has 0 aliphatic rings. The minimum absolute atomic E-state index is 0.0207. The van der Waals surface area contributed by atoms with Crippen molar-refractivity contribution in [1.29, 1.82) is 0 Å². The highest BCUT2D eigenvalue weighted by molar-refractivity contribution is 5.97. The first-order valence-corrected chi connectivity index (χ1v) is 6.30. The highest BCUT2D eigenvalue weighted by atomic mass is 16.5. The van der Waals surface area contributed by atoms with E-state index in [-0.39, 0.29) is 12.5 Å². The molecular formula is C14H21NO4. The van der Waals surface area contributed by atoms with Crippen LogP contribution in [0.25, 0.3) is 0 Å². The Balaban J connectivity index is 2.43. The van der Waals surface area contributed by atoms with E-state index in [1.807, 2.05) is 13.0 Å². The maximum absolute atomic E-state index is 12.0. The third kappa shape index (κ3) is 5.28. The van der Waals surface area contributed by atoms with Gasteiger partial charge in [-0.2, -0.15) is 0 Å². The minimum atomic E-state index is -0.150. The lowest BCUT2D eigenvalue weighted by Gasteiger charge is -2.10. The number of methoxy groups -OCH3 is 1. The summed E-state index contributed by atoms with van der Waals surface area (Å²) in [5, 5.41) is 11.4. The molecule has 0 aromatic heterocycles. The Morgan fingerprint density at radius 1 is 1.37 bits per heavy atom. The van der Waals surface area contributed by atoms with Crippen molar-refractivity contribution in [2.45, 2.75) is 13.3 Å². The van der Waals surface area contributed by atoms with Gasteiger partial charge in [-0.1, -0.05) is 11.6 Å². The van der Waals surface area contributed by atoms with E-state index >= 15 is 0 Å². The molecule has 1 amide bonds. The molecule has 0 bridgehead atoms. The van der Waals surface area contributed by atoms with Crippen molar-refractivity contribution in [1.82, 2.24) is 5.32 Å². The van der Waals surface area contributed by atoms with Gasteiger partial charge >= 0.3 is 0 Å². The van der Waals surface area contributed by atoms with Crippen LogP contribution in [0.2, 0.25) is 0 Å². The average molecular weight is 267 g/mol. The molecule has 2 N–H and O–H groups in total. The van der Waals surface area contributed by atoms with Gasteiger partial charge < -0.3 is 19.9 Å².